The fraction of sp³-hybridized carbons (Fsp3) is 0.100. The smallest absolute Gasteiger partial charge is 0.152 e. The van der Waals surface area contributed by atoms with Gasteiger partial charge in [-0.15, -0.1) is 0 Å². The number of methoxy groups -OCH3 is 1. The largest absolute Gasteiger partial charge is 0.496 e. The third-order valence-corrected chi connectivity index (χ3v) is 2.73. The first-order chi connectivity index (χ1) is 6.76. The minimum atomic E-state index is 0.644. The van der Waals surface area contributed by atoms with Crippen LogP contribution >= 0.6 is 15.9 Å². The molecule has 0 amide bonds. The lowest BCUT2D eigenvalue weighted by Gasteiger charge is -2.02. The van der Waals surface area contributed by atoms with Gasteiger partial charge in [0.15, 0.2) is 6.29 Å². The van der Waals surface area contributed by atoms with Gasteiger partial charge in [0.25, 0.3) is 0 Å². The minimum absolute atomic E-state index is 0.644. The standard InChI is InChI=1S/C10H8BrNO2/c1-14-10-2-7-6(5-13)4-12-9(7)3-8(10)11/h2-5,12H,1H3. The van der Waals surface area contributed by atoms with Crippen LogP contribution in [0.1, 0.15) is 10.4 Å². The van der Waals surface area contributed by atoms with Gasteiger partial charge in [-0.2, -0.15) is 0 Å². The van der Waals surface area contributed by atoms with Crippen molar-refractivity contribution in [2.75, 3.05) is 7.11 Å². The van der Waals surface area contributed by atoms with Crippen LogP contribution in [0.25, 0.3) is 10.9 Å². The summed E-state index contributed by atoms with van der Waals surface area (Å²) in [5, 5.41) is 0.875. The highest BCUT2D eigenvalue weighted by Gasteiger charge is 2.07. The molecular formula is C10H8BrNO2. The molecule has 0 unspecified atom stereocenters. The second-order valence-corrected chi connectivity index (χ2v) is 3.75. The van der Waals surface area contributed by atoms with E-state index in [2.05, 4.69) is 20.9 Å². The lowest BCUT2D eigenvalue weighted by atomic mass is 10.2. The quantitative estimate of drug-likeness (QED) is 0.837. The van der Waals surface area contributed by atoms with Crippen LogP contribution in [0.15, 0.2) is 22.8 Å². The fourth-order valence-electron chi connectivity index (χ4n) is 1.40. The Morgan fingerprint density at radius 2 is 2.29 bits per heavy atom. The van der Waals surface area contributed by atoms with Gasteiger partial charge < -0.3 is 9.72 Å². The predicted octanol–water partition coefficient (Wildman–Crippen LogP) is 2.75. The summed E-state index contributed by atoms with van der Waals surface area (Å²) in [5.41, 5.74) is 1.56. The second kappa shape index (κ2) is 3.46. The Kier molecular flexibility index (Phi) is 2.29. The summed E-state index contributed by atoms with van der Waals surface area (Å²) in [7, 11) is 1.60. The van der Waals surface area contributed by atoms with Crippen molar-refractivity contribution in [1.29, 1.82) is 0 Å². The average Bonchev–Trinajstić information content (AvgIpc) is 2.58. The molecule has 0 aliphatic carbocycles. The number of nitrogens with one attached hydrogen (secondary N) is 1. The summed E-state index contributed by atoms with van der Waals surface area (Å²) in [4.78, 5) is 13.7. The number of carbonyl (C=O) groups excluding carboxylic acids is 1. The molecule has 72 valence electrons. The number of aromatic nitrogens is 1. The maximum atomic E-state index is 10.7. The van der Waals surface area contributed by atoms with E-state index in [1.54, 1.807) is 13.3 Å². The molecule has 0 aliphatic rings. The van der Waals surface area contributed by atoms with Crippen molar-refractivity contribution in [1.82, 2.24) is 4.98 Å². The average molecular weight is 254 g/mol. The molecule has 4 heteroatoms. The van der Waals surface area contributed by atoms with E-state index in [4.69, 9.17) is 4.74 Å². The summed E-state index contributed by atoms with van der Waals surface area (Å²) in [6.45, 7) is 0. The van der Waals surface area contributed by atoms with Crippen LogP contribution in [0, 0.1) is 0 Å². The summed E-state index contributed by atoms with van der Waals surface area (Å²) < 4.78 is 6.01. The van der Waals surface area contributed by atoms with E-state index in [-0.39, 0.29) is 0 Å². The SMILES string of the molecule is COc1cc2c(C=O)c[nH]c2cc1Br. The normalized spacial score (nSPS) is 10.4. The molecule has 1 heterocycles. The van der Waals surface area contributed by atoms with Crippen LogP contribution in [0.4, 0.5) is 0 Å². The molecule has 0 atom stereocenters. The third kappa shape index (κ3) is 1.32. The molecule has 3 nitrogen and oxygen atoms in total. The highest BCUT2D eigenvalue weighted by atomic mass is 79.9. The van der Waals surface area contributed by atoms with Crippen molar-refractivity contribution in [2.45, 2.75) is 0 Å². The van der Waals surface area contributed by atoms with Crippen LogP contribution in [-0.4, -0.2) is 18.4 Å². The van der Waals surface area contributed by atoms with Crippen LogP contribution in [-0.2, 0) is 0 Å². The first kappa shape index (κ1) is 9.27. The lowest BCUT2D eigenvalue weighted by molar-refractivity contribution is 0.112. The number of aldehydes is 1. The van der Waals surface area contributed by atoms with Gasteiger partial charge in [-0.1, -0.05) is 0 Å². The number of H-pyrrole nitrogens is 1. The van der Waals surface area contributed by atoms with Crippen molar-refractivity contribution in [3.8, 4) is 5.75 Å². The van der Waals surface area contributed by atoms with Crippen LogP contribution in [0.3, 0.4) is 0 Å². The number of aromatic amines is 1. The molecule has 2 rings (SSSR count). The van der Waals surface area contributed by atoms with Crippen molar-refractivity contribution in [3.05, 3.63) is 28.4 Å². The van der Waals surface area contributed by atoms with E-state index in [0.717, 1.165) is 27.4 Å². The molecular weight excluding hydrogens is 246 g/mol. The Labute approximate surface area is 89.2 Å². The summed E-state index contributed by atoms with van der Waals surface area (Å²) in [6, 6.07) is 3.72. The maximum Gasteiger partial charge on any atom is 0.152 e. The molecule has 0 saturated carbocycles. The molecule has 0 radical (unpaired) electrons. The van der Waals surface area contributed by atoms with Gasteiger partial charge in [0.05, 0.1) is 11.6 Å². The first-order valence-corrected chi connectivity index (χ1v) is 4.85. The first-order valence-electron chi connectivity index (χ1n) is 4.06. The number of benzene rings is 1. The number of carbonyl (C=O) groups is 1. The van der Waals surface area contributed by atoms with Crippen molar-refractivity contribution in [2.24, 2.45) is 0 Å². The van der Waals surface area contributed by atoms with Crippen LogP contribution in [0.2, 0.25) is 0 Å². The van der Waals surface area contributed by atoms with Gasteiger partial charge in [0, 0.05) is 22.7 Å². The van der Waals surface area contributed by atoms with Gasteiger partial charge in [-0.25, -0.2) is 0 Å². The molecule has 2 aromatic rings. The van der Waals surface area contributed by atoms with E-state index in [1.807, 2.05) is 12.1 Å². The van der Waals surface area contributed by atoms with Gasteiger partial charge in [-0.05, 0) is 28.1 Å². The highest BCUT2D eigenvalue weighted by Crippen LogP contribution is 2.30. The molecule has 0 spiro atoms. The molecule has 1 aromatic carbocycles. The number of fused-ring (bicyclic) bond motifs is 1. The molecule has 0 fully saturated rings. The molecule has 0 aliphatic heterocycles. The molecule has 14 heavy (non-hydrogen) atoms. The van der Waals surface area contributed by atoms with E-state index in [9.17, 15) is 4.79 Å². The fourth-order valence-corrected chi connectivity index (χ4v) is 1.90. The van der Waals surface area contributed by atoms with Crippen molar-refractivity contribution < 1.29 is 9.53 Å². The second-order valence-electron chi connectivity index (χ2n) is 2.89. The number of halogens is 1. The maximum absolute atomic E-state index is 10.7. The Hall–Kier alpha value is -1.29. The van der Waals surface area contributed by atoms with Crippen molar-refractivity contribution >= 4 is 33.1 Å². The minimum Gasteiger partial charge on any atom is -0.496 e. The number of hydrogen-bond acceptors (Lipinski definition) is 2. The lowest BCUT2D eigenvalue weighted by Crippen LogP contribution is -1.84. The van der Waals surface area contributed by atoms with Crippen molar-refractivity contribution in [3.63, 3.8) is 0 Å². The zero-order chi connectivity index (χ0) is 10.1. The Morgan fingerprint density at radius 1 is 1.50 bits per heavy atom. The van der Waals surface area contributed by atoms with E-state index in [0.29, 0.717) is 5.56 Å². The Balaban J connectivity index is 2.76. The summed E-state index contributed by atoms with van der Waals surface area (Å²) in [5.74, 6) is 0.722. The summed E-state index contributed by atoms with van der Waals surface area (Å²) in [6.07, 6.45) is 2.51. The van der Waals surface area contributed by atoms with Gasteiger partial charge in [-0.3, -0.25) is 4.79 Å². The number of hydrogen-bond donors (Lipinski definition) is 1. The third-order valence-electron chi connectivity index (χ3n) is 2.11. The van der Waals surface area contributed by atoms with Gasteiger partial charge >= 0.3 is 0 Å². The number of rotatable bonds is 2. The topological polar surface area (TPSA) is 42.1 Å². The molecule has 1 aromatic heterocycles. The van der Waals surface area contributed by atoms with E-state index < -0.39 is 0 Å². The predicted molar refractivity (Wildman–Crippen MR) is 57.9 cm³/mol. The van der Waals surface area contributed by atoms with Crippen LogP contribution in [0.5, 0.6) is 5.75 Å². The molecule has 0 saturated heterocycles. The number of ether oxygens (including phenoxy) is 1. The Bertz CT molecular complexity index is 490. The van der Waals surface area contributed by atoms with Crippen LogP contribution < -0.4 is 4.74 Å². The summed E-state index contributed by atoms with van der Waals surface area (Å²) >= 11 is 3.38. The highest BCUT2D eigenvalue weighted by molar-refractivity contribution is 9.10. The van der Waals surface area contributed by atoms with Gasteiger partial charge in [0.1, 0.15) is 5.75 Å². The zero-order valence-corrected chi connectivity index (χ0v) is 9.09. The van der Waals surface area contributed by atoms with E-state index in [1.165, 1.54) is 0 Å². The molecule has 0 bridgehead atoms. The Morgan fingerprint density at radius 3 is 2.93 bits per heavy atom. The van der Waals surface area contributed by atoms with Gasteiger partial charge in [0.2, 0.25) is 0 Å². The zero-order valence-electron chi connectivity index (χ0n) is 7.50. The monoisotopic (exact) mass is 253 g/mol. The molecule has 1 N–H and O–H groups in total. The van der Waals surface area contributed by atoms with E-state index >= 15 is 0 Å².